The maximum atomic E-state index is 5.59. The van der Waals surface area contributed by atoms with Gasteiger partial charge < -0.3 is 15.4 Å². The molecular formula is C12H20N4O. The molecule has 0 aliphatic carbocycles. The van der Waals surface area contributed by atoms with Crippen molar-refractivity contribution in [3.05, 3.63) is 12.4 Å². The topological polar surface area (TPSA) is 64.3 Å². The smallest absolute Gasteiger partial charge is 0.233 e. The van der Waals surface area contributed by atoms with Crippen LogP contribution in [0.1, 0.15) is 19.3 Å². The van der Waals surface area contributed by atoms with Crippen molar-refractivity contribution < 1.29 is 4.74 Å². The van der Waals surface area contributed by atoms with E-state index in [1.54, 1.807) is 19.5 Å². The van der Waals surface area contributed by atoms with E-state index in [2.05, 4.69) is 14.9 Å². The average molecular weight is 236 g/mol. The summed E-state index contributed by atoms with van der Waals surface area (Å²) in [6.45, 7) is 2.86. The van der Waals surface area contributed by atoms with E-state index < -0.39 is 0 Å². The summed E-state index contributed by atoms with van der Waals surface area (Å²) >= 11 is 0. The van der Waals surface area contributed by atoms with Gasteiger partial charge >= 0.3 is 0 Å². The predicted molar refractivity (Wildman–Crippen MR) is 67.2 cm³/mol. The monoisotopic (exact) mass is 236 g/mol. The molecule has 17 heavy (non-hydrogen) atoms. The Morgan fingerprint density at radius 2 is 2.18 bits per heavy atom. The second-order valence-corrected chi connectivity index (χ2v) is 4.43. The van der Waals surface area contributed by atoms with Crippen molar-refractivity contribution in [1.82, 2.24) is 9.97 Å². The first-order valence-electron chi connectivity index (χ1n) is 6.14. The van der Waals surface area contributed by atoms with Crippen molar-refractivity contribution in [1.29, 1.82) is 0 Å². The molecule has 0 radical (unpaired) electrons. The molecule has 2 heterocycles. The number of methoxy groups -OCH3 is 1. The Morgan fingerprint density at radius 1 is 1.41 bits per heavy atom. The second kappa shape index (κ2) is 5.82. The van der Waals surface area contributed by atoms with Gasteiger partial charge in [0.05, 0.1) is 19.5 Å². The van der Waals surface area contributed by atoms with Gasteiger partial charge in [-0.15, -0.1) is 0 Å². The molecule has 0 aromatic carbocycles. The molecule has 5 heteroatoms. The van der Waals surface area contributed by atoms with Crippen LogP contribution >= 0.6 is 0 Å². The number of nitrogens with zero attached hydrogens (tertiary/aromatic N) is 3. The van der Waals surface area contributed by atoms with Crippen LogP contribution in [0, 0.1) is 5.92 Å². The quantitative estimate of drug-likeness (QED) is 0.846. The fourth-order valence-corrected chi connectivity index (χ4v) is 2.28. The van der Waals surface area contributed by atoms with Crippen LogP contribution in [0.5, 0.6) is 5.88 Å². The molecule has 1 aliphatic heterocycles. The van der Waals surface area contributed by atoms with Gasteiger partial charge in [-0.05, 0) is 31.7 Å². The molecule has 1 aromatic rings. The molecule has 94 valence electrons. The van der Waals surface area contributed by atoms with Crippen LogP contribution < -0.4 is 15.4 Å². The Bertz CT molecular complexity index is 350. The summed E-state index contributed by atoms with van der Waals surface area (Å²) in [5.41, 5.74) is 5.59. The fourth-order valence-electron chi connectivity index (χ4n) is 2.28. The predicted octanol–water partition coefficient (Wildman–Crippen LogP) is 1.05. The van der Waals surface area contributed by atoms with E-state index in [4.69, 9.17) is 10.5 Å². The van der Waals surface area contributed by atoms with Crippen LogP contribution in [0.3, 0.4) is 0 Å². The molecule has 1 fully saturated rings. The molecule has 0 bridgehead atoms. The van der Waals surface area contributed by atoms with E-state index in [9.17, 15) is 0 Å². The van der Waals surface area contributed by atoms with Gasteiger partial charge in [0.2, 0.25) is 5.88 Å². The highest BCUT2D eigenvalue weighted by atomic mass is 16.5. The van der Waals surface area contributed by atoms with Gasteiger partial charge in [0.25, 0.3) is 0 Å². The Hall–Kier alpha value is -1.36. The number of aromatic nitrogens is 2. The van der Waals surface area contributed by atoms with E-state index in [0.717, 1.165) is 37.8 Å². The van der Waals surface area contributed by atoms with Gasteiger partial charge in [-0.1, -0.05) is 0 Å². The Balaban J connectivity index is 1.95. The number of anilines is 1. The summed E-state index contributed by atoms with van der Waals surface area (Å²) < 4.78 is 5.09. The first-order chi connectivity index (χ1) is 8.33. The van der Waals surface area contributed by atoms with Crippen LogP contribution in [-0.4, -0.2) is 36.7 Å². The highest BCUT2D eigenvalue weighted by Crippen LogP contribution is 2.24. The standard InChI is InChI=1S/C12H20N4O/c1-17-12-9-14-8-11(15-12)16-6-3-10(2-5-13)4-7-16/h8-10H,2-7,13H2,1H3. The van der Waals surface area contributed by atoms with E-state index in [0.29, 0.717) is 5.88 Å². The maximum Gasteiger partial charge on any atom is 0.233 e. The zero-order chi connectivity index (χ0) is 12.1. The van der Waals surface area contributed by atoms with E-state index in [1.165, 1.54) is 12.8 Å². The lowest BCUT2D eigenvalue weighted by Crippen LogP contribution is -2.34. The number of hydrogen-bond donors (Lipinski definition) is 1. The third kappa shape index (κ3) is 3.06. The lowest BCUT2D eigenvalue weighted by Gasteiger charge is -2.32. The Labute approximate surface area is 102 Å². The Kier molecular flexibility index (Phi) is 4.14. The minimum absolute atomic E-state index is 0.576. The number of ether oxygens (including phenoxy) is 1. The molecule has 1 saturated heterocycles. The molecule has 5 nitrogen and oxygen atoms in total. The first-order valence-corrected chi connectivity index (χ1v) is 6.14. The molecule has 1 aromatic heterocycles. The largest absolute Gasteiger partial charge is 0.480 e. The lowest BCUT2D eigenvalue weighted by atomic mass is 9.94. The van der Waals surface area contributed by atoms with E-state index in [1.807, 2.05) is 0 Å². The zero-order valence-corrected chi connectivity index (χ0v) is 10.3. The Morgan fingerprint density at radius 3 is 2.82 bits per heavy atom. The van der Waals surface area contributed by atoms with E-state index >= 15 is 0 Å². The molecule has 0 amide bonds. The number of hydrogen-bond acceptors (Lipinski definition) is 5. The third-order valence-electron chi connectivity index (χ3n) is 3.32. The van der Waals surface area contributed by atoms with Crippen LogP contribution in [0.15, 0.2) is 12.4 Å². The first kappa shape index (κ1) is 12.1. The summed E-state index contributed by atoms with van der Waals surface area (Å²) in [5, 5.41) is 0. The third-order valence-corrected chi connectivity index (χ3v) is 3.32. The summed E-state index contributed by atoms with van der Waals surface area (Å²) in [4.78, 5) is 10.8. The van der Waals surface area contributed by atoms with Gasteiger partial charge in [-0.2, -0.15) is 4.98 Å². The number of rotatable bonds is 4. The molecular weight excluding hydrogens is 216 g/mol. The summed E-state index contributed by atoms with van der Waals surface area (Å²) in [5.74, 6) is 2.26. The maximum absolute atomic E-state index is 5.59. The highest BCUT2D eigenvalue weighted by Gasteiger charge is 2.19. The minimum Gasteiger partial charge on any atom is -0.480 e. The number of nitrogens with two attached hydrogens (primary N) is 1. The molecule has 0 saturated carbocycles. The molecule has 2 N–H and O–H groups in total. The molecule has 1 aliphatic rings. The van der Waals surface area contributed by atoms with Crippen LogP contribution in [0.25, 0.3) is 0 Å². The number of piperidine rings is 1. The normalized spacial score (nSPS) is 17.2. The van der Waals surface area contributed by atoms with Gasteiger partial charge in [-0.3, -0.25) is 4.98 Å². The highest BCUT2D eigenvalue weighted by molar-refractivity contribution is 5.37. The molecule has 0 spiro atoms. The van der Waals surface area contributed by atoms with Gasteiger partial charge in [0.15, 0.2) is 5.82 Å². The lowest BCUT2D eigenvalue weighted by molar-refractivity contribution is 0.379. The molecule has 2 rings (SSSR count). The van der Waals surface area contributed by atoms with E-state index in [-0.39, 0.29) is 0 Å². The summed E-state index contributed by atoms with van der Waals surface area (Å²) in [6, 6.07) is 0. The van der Waals surface area contributed by atoms with Crippen molar-refractivity contribution in [3.8, 4) is 5.88 Å². The van der Waals surface area contributed by atoms with Gasteiger partial charge in [0.1, 0.15) is 0 Å². The van der Waals surface area contributed by atoms with Crippen molar-refractivity contribution >= 4 is 5.82 Å². The zero-order valence-electron chi connectivity index (χ0n) is 10.3. The van der Waals surface area contributed by atoms with Crippen LogP contribution in [-0.2, 0) is 0 Å². The van der Waals surface area contributed by atoms with Crippen LogP contribution in [0.4, 0.5) is 5.82 Å². The van der Waals surface area contributed by atoms with Crippen molar-refractivity contribution in [2.75, 3.05) is 31.6 Å². The van der Waals surface area contributed by atoms with Gasteiger partial charge in [-0.25, -0.2) is 0 Å². The second-order valence-electron chi connectivity index (χ2n) is 4.43. The van der Waals surface area contributed by atoms with Crippen LogP contribution in [0.2, 0.25) is 0 Å². The SMILES string of the molecule is COc1cncc(N2CCC(CCN)CC2)n1. The summed E-state index contributed by atoms with van der Waals surface area (Å²) in [7, 11) is 1.61. The van der Waals surface area contributed by atoms with Crippen molar-refractivity contribution in [2.45, 2.75) is 19.3 Å². The van der Waals surface area contributed by atoms with Gasteiger partial charge in [0, 0.05) is 13.1 Å². The fraction of sp³-hybridized carbons (Fsp3) is 0.667. The van der Waals surface area contributed by atoms with Crippen molar-refractivity contribution in [2.24, 2.45) is 11.7 Å². The minimum atomic E-state index is 0.576. The average Bonchev–Trinajstić information content (AvgIpc) is 2.40. The molecule has 0 unspecified atom stereocenters. The van der Waals surface area contributed by atoms with Crippen molar-refractivity contribution in [3.63, 3.8) is 0 Å². The molecule has 0 atom stereocenters. The summed E-state index contributed by atoms with van der Waals surface area (Å²) in [6.07, 6.45) is 6.94.